The van der Waals surface area contributed by atoms with Crippen LogP contribution in [0.15, 0.2) is 0 Å². The first-order valence-electron chi connectivity index (χ1n) is 6.04. The highest BCUT2D eigenvalue weighted by Gasteiger charge is 2.20. The number of amides is 1. The summed E-state index contributed by atoms with van der Waals surface area (Å²) in [4.78, 5) is 13.3. The molecule has 0 aliphatic carbocycles. The number of nitrogens with zero attached hydrogens (tertiary/aromatic N) is 1. The maximum absolute atomic E-state index is 10.8. The van der Waals surface area contributed by atoms with Crippen molar-refractivity contribution in [3.8, 4) is 0 Å². The summed E-state index contributed by atoms with van der Waals surface area (Å²) in [5, 5.41) is 2.92. The van der Waals surface area contributed by atoms with Gasteiger partial charge in [-0.1, -0.05) is 13.8 Å². The van der Waals surface area contributed by atoms with Gasteiger partial charge in [-0.3, -0.25) is 4.79 Å². The summed E-state index contributed by atoms with van der Waals surface area (Å²) in [7, 11) is 0. The van der Waals surface area contributed by atoms with Crippen LogP contribution in [0.3, 0.4) is 0 Å². The van der Waals surface area contributed by atoms with Gasteiger partial charge in [-0.05, 0) is 31.2 Å². The molecule has 0 unspecified atom stereocenters. The van der Waals surface area contributed by atoms with Crippen molar-refractivity contribution in [2.45, 2.75) is 33.6 Å². The Balaban J connectivity index is 2.25. The summed E-state index contributed by atoms with van der Waals surface area (Å²) in [6.07, 6.45) is 2.53. The van der Waals surface area contributed by atoms with Gasteiger partial charge in [0.1, 0.15) is 0 Å². The topological polar surface area (TPSA) is 32.3 Å². The average molecular weight is 212 g/mol. The summed E-state index contributed by atoms with van der Waals surface area (Å²) < 4.78 is 0. The molecule has 3 heteroatoms. The summed E-state index contributed by atoms with van der Waals surface area (Å²) in [6.45, 7) is 10.5. The van der Waals surface area contributed by atoms with Crippen molar-refractivity contribution in [1.82, 2.24) is 10.2 Å². The zero-order valence-electron chi connectivity index (χ0n) is 10.3. The quantitative estimate of drug-likeness (QED) is 0.766. The van der Waals surface area contributed by atoms with E-state index < -0.39 is 0 Å². The molecule has 0 radical (unpaired) electrons. The highest BCUT2D eigenvalue weighted by atomic mass is 16.1. The fourth-order valence-electron chi connectivity index (χ4n) is 2.29. The van der Waals surface area contributed by atoms with E-state index in [2.05, 4.69) is 24.1 Å². The van der Waals surface area contributed by atoms with Crippen LogP contribution in [0.4, 0.5) is 0 Å². The van der Waals surface area contributed by atoms with Crippen molar-refractivity contribution in [1.29, 1.82) is 0 Å². The Kier molecular flexibility index (Phi) is 5.09. The van der Waals surface area contributed by atoms with Crippen LogP contribution in [0.25, 0.3) is 0 Å². The number of piperidine rings is 1. The van der Waals surface area contributed by atoms with Gasteiger partial charge in [0, 0.05) is 26.6 Å². The van der Waals surface area contributed by atoms with E-state index in [0.717, 1.165) is 19.0 Å². The molecule has 1 fully saturated rings. The molecule has 1 aliphatic heterocycles. The number of nitrogens with one attached hydrogen (secondary N) is 1. The Morgan fingerprint density at radius 2 is 2.27 bits per heavy atom. The van der Waals surface area contributed by atoms with E-state index in [9.17, 15) is 4.79 Å². The molecule has 1 rings (SSSR count). The van der Waals surface area contributed by atoms with E-state index in [1.807, 2.05) is 0 Å². The zero-order chi connectivity index (χ0) is 11.3. The van der Waals surface area contributed by atoms with E-state index in [1.165, 1.54) is 25.9 Å². The van der Waals surface area contributed by atoms with E-state index in [-0.39, 0.29) is 5.91 Å². The van der Waals surface area contributed by atoms with Gasteiger partial charge in [0.05, 0.1) is 0 Å². The van der Waals surface area contributed by atoms with Gasteiger partial charge in [-0.25, -0.2) is 0 Å². The minimum atomic E-state index is 0.0935. The molecule has 88 valence electrons. The van der Waals surface area contributed by atoms with Gasteiger partial charge in [-0.15, -0.1) is 0 Å². The lowest BCUT2D eigenvalue weighted by atomic mass is 9.97. The van der Waals surface area contributed by atoms with Crippen LogP contribution in [0.2, 0.25) is 0 Å². The van der Waals surface area contributed by atoms with Crippen molar-refractivity contribution in [2.24, 2.45) is 11.8 Å². The van der Waals surface area contributed by atoms with E-state index in [1.54, 1.807) is 6.92 Å². The van der Waals surface area contributed by atoms with Gasteiger partial charge in [0.15, 0.2) is 0 Å². The third-order valence-corrected chi connectivity index (χ3v) is 2.87. The molecule has 0 bridgehead atoms. The van der Waals surface area contributed by atoms with Gasteiger partial charge in [0.25, 0.3) is 0 Å². The Hall–Kier alpha value is -0.570. The van der Waals surface area contributed by atoms with Gasteiger partial charge in [0.2, 0.25) is 5.91 Å². The molecule has 15 heavy (non-hydrogen) atoms. The summed E-state index contributed by atoms with van der Waals surface area (Å²) >= 11 is 0. The van der Waals surface area contributed by atoms with Gasteiger partial charge >= 0.3 is 0 Å². The molecule has 1 amide bonds. The predicted octanol–water partition coefficient (Wildman–Crippen LogP) is 1.49. The number of rotatable bonds is 4. The first-order chi connectivity index (χ1) is 7.08. The average Bonchev–Trinajstić information content (AvgIpc) is 2.14. The largest absolute Gasteiger partial charge is 0.356 e. The zero-order valence-corrected chi connectivity index (χ0v) is 10.3. The maximum Gasteiger partial charge on any atom is 0.216 e. The summed E-state index contributed by atoms with van der Waals surface area (Å²) in [5.74, 6) is 1.49. The molecule has 1 heterocycles. The maximum atomic E-state index is 10.8. The smallest absolute Gasteiger partial charge is 0.216 e. The van der Waals surface area contributed by atoms with Crippen LogP contribution in [0.5, 0.6) is 0 Å². The molecule has 1 aliphatic rings. The Morgan fingerprint density at radius 3 is 2.87 bits per heavy atom. The molecule has 0 aromatic carbocycles. The molecular weight excluding hydrogens is 188 g/mol. The molecule has 0 spiro atoms. The number of carbonyl (C=O) groups is 1. The van der Waals surface area contributed by atoms with Crippen LogP contribution < -0.4 is 5.32 Å². The SMILES string of the molecule is CC(=O)NC[C@@H]1CCCN(CC(C)C)C1. The number of likely N-dealkylation sites (tertiary alicyclic amines) is 1. The lowest BCUT2D eigenvalue weighted by Crippen LogP contribution is -2.41. The highest BCUT2D eigenvalue weighted by Crippen LogP contribution is 2.16. The standard InChI is InChI=1S/C12H24N2O/c1-10(2)8-14-6-4-5-12(9-14)7-13-11(3)15/h10,12H,4-9H2,1-3H3,(H,13,15)/t12-/m0/s1. The fourth-order valence-corrected chi connectivity index (χ4v) is 2.29. The van der Waals surface area contributed by atoms with Crippen molar-refractivity contribution in [3.63, 3.8) is 0 Å². The van der Waals surface area contributed by atoms with Crippen LogP contribution in [-0.4, -0.2) is 37.0 Å². The monoisotopic (exact) mass is 212 g/mol. The van der Waals surface area contributed by atoms with Crippen LogP contribution in [0.1, 0.15) is 33.6 Å². The molecule has 3 nitrogen and oxygen atoms in total. The van der Waals surface area contributed by atoms with Crippen molar-refractivity contribution in [2.75, 3.05) is 26.2 Å². The Bertz CT molecular complexity index is 204. The second-order valence-electron chi connectivity index (χ2n) is 5.10. The third kappa shape index (κ3) is 5.17. The minimum absolute atomic E-state index is 0.0935. The molecule has 1 atom stereocenters. The molecule has 0 saturated carbocycles. The lowest BCUT2D eigenvalue weighted by molar-refractivity contribution is -0.119. The second-order valence-corrected chi connectivity index (χ2v) is 5.10. The summed E-state index contributed by atoms with van der Waals surface area (Å²) in [5.41, 5.74) is 0. The van der Waals surface area contributed by atoms with Gasteiger partial charge in [-0.2, -0.15) is 0 Å². The van der Waals surface area contributed by atoms with Crippen LogP contribution >= 0.6 is 0 Å². The first-order valence-corrected chi connectivity index (χ1v) is 6.04. The number of carbonyl (C=O) groups excluding carboxylic acids is 1. The van der Waals surface area contributed by atoms with Crippen LogP contribution in [-0.2, 0) is 4.79 Å². The Labute approximate surface area is 93.2 Å². The van der Waals surface area contributed by atoms with Crippen molar-refractivity contribution in [3.05, 3.63) is 0 Å². The van der Waals surface area contributed by atoms with E-state index in [0.29, 0.717) is 5.92 Å². The molecule has 1 saturated heterocycles. The lowest BCUT2D eigenvalue weighted by Gasteiger charge is -2.33. The molecular formula is C12H24N2O. The highest BCUT2D eigenvalue weighted by molar-refractivity contribution is 5.72. The van der Waals surface area contributed by atoms with Crippen molar-refractivity contribution >= 4 is 5.91 Å². The van der Waals surface area contributed by atoms with E-state index >= 15 is 0 Å². The van der Waals surface area contributed by atoms with E-state index in [4.69, 9.17) is 0 Å². The first kappa shape index (κ1) is 12.5. The number of hydrogen-bond donors (Lipinski definition) is 1. The second kappa shape index (κ2) is 6.11. The molecule has 1 N–H and O–H groups in total. The predicted molar refractivity (Wildman–Crippen MR) is 62.7 cm³/mol. The van der Waals surface area contributed by atoms with Crippen LogP contribution in [0, 0.1) is 11.8 Å². The Morgan fingerprint density at radius 1 is 1.53 bits per heavy atom. The third-order valence-electron chi connectivity index (χ3n) is 2.87. The molecule has 0 aromatic heterocycles. The summed E-state index contributed by atoms with van der Waals surface area (Å²) in [6, 6.07) is 0. The van der Waals surface area contributed by atoms with Crippen molar-refractivity contribution < 1.29 is 4.79 Å². The number of hydrogen-bond acceptors (Lipinski definition) is 2. The normalized spacial score (nSPS) is 23.1. The fraction of sp³-hybridized carbons (Fsp3) is 0.917. The van der Waals surface area contributed by atoms with Gasteiger partial charge < -0.3 is 10.2 Å². The molecule has 0 aromatic rings. The minimum Gasteiger partial charge on any atom is -0.356 e.